The van der Waals surface area contributed by atoms with Gasteiger partial charge in [0.25, 0.3) is 0 Å². The zero-order chi connectivity index (χ0) is 20.8. The second-order valence-corrected chi connectivity index (χ2v) is 9.66. The monoisotopic (exact) mass is 469 g/mol. The van der Waals surface area contributed by atoms with Crippen molar-refractivity contribution in [1.29, 1.82) is 0 Å². The molecule has 0 aromatic heterocycles. The number of fused-ring (bicyclic) bond motifs is 1. The van der Waals surface area contributed by atoms with Gasteiger partial charge in [0.05, 0.1) is 16.0 Å². The number of carbonyl (C=O) groups is 2. The summed E-state index contributed by atoms with van der Waals surface area (Å²) in [5, 5.41) is 0. The lowest BCUT2D eigenvalue weighted by molar-refractivity contribution is 0.0732. The highest BCUT2D eigenvalue weighted by Crippen LogP contribution is 2.40. The summed E-state index contributed by atoms with van der Waals surface area (Å²) < 4.78 is 45.6. The number of hydrogen-bond donors (Lipinski definition) is 0. The van der Waals surface area contributed by atoms with E-state index in [0.717, 1.165) is 10.4 Å². The molecule has 0 radical (unpaired) electrons. The molecule has 0 heterocycles. The molecule has 1 atom stereocenters. The highest BCUT2D eigenvalue weighted by Gasteiger charge is 2.33. The molecule has 148 valence electrons. The van der Waals surface area contributed by atoms with Crippen LogP contribution < -0.4 is 4.74 Å². The van der Waals surface area contributed by atoms with Crippen LogP contribution in [0.15, 0.2) is 39.7 Å². The standard InChI is InChI=1S/C19H17BrFNO5S/c1-10-8-14(23)18-15(7-6-13(21)17(10)18)27-19(24)11-4-5-12(20)16(9-11)28(25,26)22(2)3/h4-7,9-10H,8H2,1-3H3. The van der Waals surface area contributed by atoms with Gasteiger partial charge in [-0.25, -0.2) is 21.9 Å². The first-order valence-electron chi connectivity index (χ1n) is 8.34. The Bertz CT molecular complexity index is 1100. The highest BCUT2D eigenvalue weighted by molar-refractivity contribution is 9.10. The molecule has 1 aliphatic carbocycles. The van der Waals surface area contributed by atoms with Crippen LogP contribution in [0.2, 0.25) is 0 Å². The molecule has 0 saturated heterocycles. The van der Waals surface area contributed by atoms with Gasteiger partial charge in [0.1, 0.15) is 11.6 Å². The summed E-state index contributed by atoms with van der Waals surface area (Å²) in [5.41, 5.74) is 0.293. The zero-order valence-corrected chi connectivity index (χ0v) is 17.7. The lowest BCUT2D eigenvalue weighted by Gasteiger charge is -2.14. The third-order valence-corrected chi connectivity index (χ3v) is 7.35. The van der Waals surface area contributed by atoms with Crippen LogP contribution in [0.25, 0.3) is 0 Å². The number of hydrogen-bond acceptors (Lipinski definition) is 5. The lowest BCUT2D eigenvalue weighted by atomic mass is 10.0. The lowest BCUT2D eigenvalue weighted by Crippen LogP contribution is -2.23. The summed E-state index contributed by atoms with van der Waals surface area (Å²) in [6.45, 7) is 1.73. The number of ketones is 1. The molecule has 28 heavy (non-hydrogen) atoms. The van der Waals surface area contributed by atoms with E-state index >= 15 is 0 Å². The fraction of sp³-hybridized carbons (Fsp3) is 0.263. The molecule has 6 nitrogen and oxygen atoms in total. The van der Waals surface area contributed by atoms with Gasteiger partial charge in [-0.2, -0.15) is 0 Å². The topological polar surface area (TPSA) is 80.8 Å². The van der Waals surface area contributed by atoms with Gasteiger partial charge in [-0.1, -0.05) is 6.92 Å². The van der Waals surface area contributed by atoms with Gasteiger partial charge in [-0.15, -0.1) is 0 Å². The Morgan fingerprint density at radius 3 is 2.57 bits per heavy atom. The maximum Gasteiger partial charge on any atom is 0.343 e. The predicted molar refractivity (Wildman–Crippen MR) is 104 cm³/mol. The second-order valence-electron chi connectivity index (χ2n) is 6.68. The Kier molecular flexibility index (Phi) is 5.44. The summed E-state index contributed by atoms with van der Waals surface area (Å²) in [4.78, 5) is 24.7. The molecule has 2 aromatic carbocycles. The number of esters is 1. The van der Waals surface area contributed by atoms with Crippen molar-refractivity contribution < 1.29 is 27.1 Å². The van der Waals surface area contributed by atoms with Crippen molar-refractivity contribution in [1.82, 2.24) is 4.31 Å². The van der Waals surface area contributed by atoms with E-state index in [4.69, 9.17) is 4.74 Å². The molecule has 0 saturated carbocycles. The van der Waals surface area contributed by atoms with Crippen LogP contribution in [-0.4, -0.2) is 38.6 Å². The first-order valence-corrected chi connectivity index (χ1v) is 10.6. The van der Waals surface area contributed by atoms with Crippen LogP contribution in [0.3, 0.4) is 0 Å². The van der Waals surface area contributed by atoms with Crippen molar-refractivity contribution in [2.75, 3.05) is 14.1 Å². The van der Waals surface area contributed by atoms with Gasteiger partial charge in [0.2, 0.25) is 10.0 Å². The normalized spacial score (nSPS) is 16.4. The van der Waals surface area contributed by atoms with Gasteiger partial charge >= 0.3 is 5.97 Å². The van der Waals surface area contributed by atoms with E-state index in [0.29, 0.717) is 4.47 Å². The van der Waals surface area contributed by atoms with E-state index in [1.165, 1.54) is 38.4 Å². The maximum absolute atomic E-state index is 14.1. The van der Waals surface area contributed by atoms with Crippen LogP contribution >= 0.6 is 15.9 Å². The van der Waals surface area contributed by atoms with Crippen LogP contribution in [0.5, 0.6) is 5.75 Å². The molecule has 1 aliphatic rings. The fourth-order valence-corrected chi connectivity index (χ4v) is 4.94. The Balaban J connectivity index is 1.99. The molecule has 2 aromatic rings. The van der Waals surface area contributed by atoms with Crippen molar-refractivity contribution in [3.05, 3.63) is 57.3 Å². The van der Waals surface area contributed by atoms with Gasteiger partial charge in [-0.05, 0) is 52.2 Å². The molecule has 0 bridgehead atoms. The summed E-state index contributed by atoms with van der Waals surface area (Å²) >= 11 is 3.17. The Labute approximate surface area is 170 Å². The van der Waals surface area contributed by atoms with E-state index in [1.807, 2.05) is 0 Å². The number of sulfonamides is 1. The average Bonchev–Trinajstić information content (AvgIpc) is 2.92. The van der Waals surface area contributed by atoms with Crippen LogP contribution in [0.1, 0.15) is 45.5 Å². The average molecular weight is 470 g/mol. The Morgan fingerprint density at radius 2 is 1.93 bits per heavy atom. The van der Waals surface area contributed by atoms with E-state index < -0.39 is 21.8 Å². The maximum atomic E-state index is 14.1. The number of Topliss-reactive ketones (excluding diaryl/α,β-unsaturated/α-hetero) is 1. The van der Waals surface area contributed by atoms with Gasteiger partial charge < -0.3 is 4.74 Å². The molecule has 1 unspecified atom stereocenters. The van der Waals surface area contributed by atoms with Crippen molar-refractivity contribution >= 4 is 37.7 Å². The second kappa shape index (κ2) is 7.38. The minimum absolute atomic E-state index is 0.0137. The SMILES string of the molecule is CC1CC(=O)c2c(OC(=O)c3ccc(Br)c(S(=O)(=O)N(C)C)c3)ccc(F)c21. The largest absolute Gasteiger partial charge is 0.422 e. The highest BCUT2D eigenvalue weighted by atomic mass is 79.9. The molecular formula is C19H17BrFNO5S. The summed E-state index contributed by atoms with van der Waals surface area (Å²) in [7, 11) is -1.04. The molecule has 0 amide bonds. The first kappa shape index (κ1) is 20.6. The third-order valence-electron chi connectivity index (χ3n) is 4.55. The smallest absolute Gasteiger partial charge is 0.343 e. The van der Waals surface area contributed by atoms with Crippen LogP contribution in [-0.2, 0) is 10.0 Å². The summed E-state index contributed by atoms with van der Waals surface area (Å²) in [6, 6.07) is 6.40. The molecule has 0 N–H and O–H groups in total. The molecular weight excluding hydrogens is 453 g/mol. The molecule has 0 aliphatic heterocycles. The molecule has 0 spiro atoms. The summed E-state index contributed by atoms with van der Waals surface area (Å²) in [5.74, 6) is -1.99. The van der Waals surface area contributed by atoms with E-state index in [1.54, 1.807) is 6.92 Å². The van der Waals surface area contributed by atoms with Crippen LogP contribution in [0.4, 0.5) is 4.39 Å². The van der Waals surface area contributed by atoms with Crippen molar-refractivity contribution in [2.45, 2.75) is 24.2 Å². The summed E-state index contributed by atoms with van der Waals surface area (Å²) in [6.07, 6.45) is 0.143. The Morgan fingerprint density at radius 1 is 1.25 bits per heavy atom. The van der Waals surface area contributed by atoms with Gasteiger partial charge in [0, 0.05) is 30.6 Å². The number of benzene rings is 2. The molecule has 3 rings (SSSR count). The van der Waals surface area contributed by atoms with Crippen molar-refractivity contribution in [3.8, 4) is 5.75 Å². The van der Waals surface area contributed by atoms with E-state index in [2.05, 4.69) is 15.9 Å². The minimum atomic E-state index is -3.79. The van der Waals surface area contributed by atoms with Crippen LogP contribution in [0, 0.1) is 5.82 Å². The van der Waals surface area contributed by atoms with Crippen molar-refractivity contribution in [2.24, 2.45) is 0 Å². The molecule has 9 heteroatoms. The number of carbonyl (C=O) groups excluding carboxylic acids is 2. The Hall–Kier alpha value is -2.10. The molecule has 0 fully saturated rings. The predicted octanol–water partition coefficient (Wildman–Crippen LogP) is 3.75. The number of ether oxygens (including phenoxy) is 1. The van der Waals surface area contributed by atoms with E-state index in [9.17, 15) is 22.4 Å². The fourth-order valence-electron chi connectivity index (χ4n) is 3.09. The zero-order valence-electron chi connectivity index (χ0n) is 15.3. The minimum Gasteiger partial charge on any atom is -0.422 e. The van der Waals surface area contributed by atoms with Gasteiger partial charge in [-0.3, -0.25) is 4.79 Å². The van der Waals surface area contributed by atoms with E-state index in [-0.39, 0.29) is 45.5 Å². The first-order chi connectivity index (χ1) is 13.0. The third kappa shape index (κ3) is 3.49. The van der Waals surface area contributed by atoms with Gasteiger partial charge in [0.15, 0.2) is 5.78 Å². The van der Waals surface area contributed by atoms with Crippen molar-refractivity contribution in [3.63, 3.8) is 0 Å². The quantitative estimate of drug-likeness (QED) is 0.503. The number of nitrogens with zero attached hydrogens (tertiary/aromatic N) is 1. The number of rotatable bonds is 4. The number of halogens is 2.